The number of aliphatic carboxylic acids is 1. The number of hydrogen-bond donors (Lipinski definition) is 1. The van der Waals surface area contributed by atoms with Crippen LogP contribution in [0.4, 0.5) is 14.9 Å². The maximum absolute atomic E-state index is 12.9. The summed E-state index contributed by atoms with van der Waals surface area (Å²) < 4.78 is 12.9. The van der Waals surface area contributed by atoms with Gasteiger partial charge in [0.2, 0.25) is 0 Å². The average Bonchev–Trinajstić information content (AvgIpc) is 2.46. The number of nitrogens with zero attached hydrogens (tertiary/aromatic N) is 2. The van der Waals surface area contributed by atoms with Crippen LogP contribution in [-0.4, -0.2) is 42.1 Å². The summed E-state index contributed by atoms with van der Waals surface area (Å²) in [6.07, 6.45) is 1.28. The summed E-state index contributed by atoms with van der Waals surface area (Å²) in [5, 5.41) is 9.03. The van der Waals surface area contributed by atoms with Crippen molar-refractivity contribution in [3.8, 4) is 0 Å². The zero-order chi connectivity index (χ0) is 14.7. The van der Waals surface area contributed by atoms with Crippen molar-refractivity contribution < 1.29 is 19.1 Å². The predicted molar refractivity (Wildman–Crippen MR) is 72.1 cm³/mol. The van der Waals surface area contributed by atoms with Crippen molar-refractivity contribution in [3.05, 3.63) is 30.1 Å². The molecule has 1 aliphatic heterocycles. The Balaban J connectivity index is 2.06. The Morgan fingerprint density at radius 3 is 2.60 bits per heavy atom. The number of carboxylic acid groups (broad SMARTS) is 1. The Bertz CT molecular complexity index is 504. The smallest absolute Gasteiger partial charge is 0.324 e. The molecule has 2 rings (SSSR count). The summed E-state index contributed by atoms with van der Waals surface area (Å²) >= 11 is 0. The molecule has 20 heavy (non-hydrogen) atoms. The lowest BCUT2D eigenvalue weighted by atomic mass is 9.99. The van der Waals surface area contributed by atoms with Gasteiger partial charge in [-0.05, 0) is 37.1 Å². The number of benzene rings is 1. The molecule has 0 spiro atoms. The van der Waals surface area contributed by atoms with Gasteiger partial charge in [-0.15, -0.1) is 0 Å². The summed E-state index contributed by atoms with van der Waals surface area (Å²) in [4.78, 5) is 26.3. The highest BCUT2D eigenvalue weighted by molar-refractivity contribution is 5.91. The Morgan fingerprint density at radius 2 is 2.00 bits per heavy atom. The third kappa shape index (κ3) is 3.07. The van der Waals surface area contributed by atoms with Crippen LogP contribution in [0.25, 0.3) is 0 Å². The standard InChI is InChI=1S/C14H17FN2O3/c1-16(12-6-4-11(15)5-7-12)14(20)17-8-2-3-10(9-17)13(18)19/h4-7,10H,2-3,8-9H2,1H3,(H,18,19)/t10-/m0/s1. The third-order valence-corrected chi connectivity index (χ3v) is 3.54. The van der Waals surface area contributed by atoms with E-state index in [4.69, 9.17) is 5.11 Å². The van der Waals surface area contributed by atoms with Gasteiger partial charge in [0, 0.05) is 25.8 Å². The number of rotatable bonds is 2. The zero-order valence-electron chi connectivity index (χ0n) is 11.3. The summed E-state index contributed by atoms with van der Waals surface area (Å²) in [5.41, 5.74) is 0.578. The topological polar surface area (TPSA) is 60.9 Å². The molecule has 108 valence electrons. The second-order valence-corrected chi connectivity index (χ2v) is 4.94. The number of carbonyl (C=O) groups excluding carboxylic acids is 1. The van der Waals surface area contributed by atoms with Gasteiger partial charge in [0.05, 0.1) is 5.92 Å². The van der Waals surface area contributed by atoms with Gasteiger partial charge in [0.25, 0.3) is 0 Å². The van der Waals surface area contributed by atoms with E-state index in [9.17, 15) is 14.0 Å². The van der Waals surface area contributed by atoms with Crippen LogP contribution >= 0.6 is 0 Å². The van der Waals surface area contributed by atoms with Crippen LogP contribution in [0.1, 0.15) is 12.8 Å². The first kappa shape index (κ1) is 14.3. The minimum atomic E-state index is -0.869. The molecule has 0 unspecified atom stereocenters. The number of halogens is 1. The van der Waals surface area contributed by atoms with Crippen molar-refractivity contribution in [1.82, 2.24) is 4.90 Å². The van der Waals surface area contributed by atoms with Crippen LogP contribution in [0.5, 0.6) is 0 Å². The molecule has 1 atom stereocenters. The molecule has 1 heterocycles. The number of piperidine rings is 1. The van der Waals surface area contributed by atoms with Gasteiger partial charge in [0.15, 0.2) is 0 Å². The normalized spacial score (nSPS) is 18.7. The van der Waals surface area contributed by atoms with E-state index in [2.05, 4.69) is 0 Å². The Morgan fingerprint density at radius 1 is 1.35 bits per heavy atom. The fraction of sp³-hybridized carbons (Fsp3) is 0.429. The molecule has 1 aromatic rings. The molecule has 1 aromatic carbocycles. The van der Waals surface area contributed by atoms with Gasteiger partial charge >= 0.3 is 12.0 Å². The number of anilines is 1. The molecule has 1 aliphatic rings. The number of likely N-dealkylation sites (tertiary alicyclic amines) is 1. The number of amides is 2. The first-order valence-corrected chi connectivity index (χ1v) is 6.50. The van der Waals surface area contributed by atoms with E-state index in [-0.39, 0.29) is 18.4 Å². The average molecular weight is 280 g/mol. The lowest BCUT2D eigenvalue weighted by molar-refractivity contribution is -0.143. The zero-order valence-corrected chi connectivity index (χ0v) is 11.3. The Hall–Kier alpha value is -2.11. The quantitative estimate of drug-likeness (QED) is 0.903. The second kappa shape index (κ2) is 5.90. The minimum Gasteiger partial charge on any atom is -0.481 e. The van der Waals surface area contributed by atoms with E-state index in [0.717, 1.165) is 0 Å². The van der Waals surface area contributed by atoms with E-state index in [0.29, 0.717) is 25.1 Å². The van der Waals surface area contributed by atoms with Crippen LogP contribution in [0.15, 0.2) is 24.3 Å². The molecule has 2 amide bonds. The van der Waals surface area contributed by atoms with Gasteiger partial charge in [-0.2, -0.15) is 0 Å². The third-order valence-electron chi connectivity index (χ3n) is 3.54. The van der Waals surface area contributed by atoms with Gasteiger partial charge in [0.1, 0.15) is 5.82 Å². The Labute approximate surface area is 116 Å². The van der Waals surface area contributed by atoms with Crippen molar-refractivity contribution in [2.45, 2.75) is 12.8 Å². The number of hydrogen-bond acceptors (Lipinski definition) is 2. The molecule has 1 saturated heterocycles. The molecule has 0 radical (unpaired) electrons. The summed E-state index contributed by atoms with van der Waals surface area (Å²) in [6, 6.07) is 5.35. The van der Waals surface area contributed by atoms with Crippen LogP contribution in [-0.2, 0) is 4.79 Å². The van der Waals surface area contributed by atoms with E-state index in [1.54, 1.807) is 7.05 Å². The predicted octanol–water partition coefficient (Wildman–Crippen LogP) is 2.18. The molecular formula is C14H17FN2O3. The molecule has 0 saturated carbocycles. The highest BCUT2D eigenvalue weighted by Crippen LogP contribution is 2.20. The van der Waals surface area contributed by atoms with Gasteiger partial charge in [-0.25, -0.2) is 9.18 Å². The lowest BCUT2D eigenvalue weighted by Gasteiger charge is -2.33. The molecule has 1 N–H and O–H groups in total. The van der Waals surface area contributed by atoms with Crippen molar-refractivity contribution in [2.75, 3.05) is 25.0 Å². The first-order valence-electron chi connectivity index (χ1n) is 6.50. The van der Waals surface area contributed by atoms with Gasteiger partial charge in [-0.3, -0.25) is 9.69 Å². The van der Waals surface area contributed by atoms with Crippen LogP contribution < -0.4 is 4.90 Å². The summed E-state index contributed by atoms with van der Waals surface area (Å²) in [5.74, 6) is -1.74. The maximum atomic E-state index is 12.9. The lowest BCUT2D eigenvalue weighted by Crippen LogP contribution is -2.47. The molecule has 0 aromatic heterocycles. The second-order valence-electron chi connectivity index (χ2n) is 4.94. The van der Waals surface area contributed by atoms with Gasteiger partial charge < -0.3 is 10.0 Å². The van der Waals surface area contributed by atoms with E-state index >= 15 is 0 Å². The largest absolute Gasteiger partial charge is 0.481 e. The van der Waals surface area contributed by atoms with Crippen molar-refractivity contribution >= 4 is 17.7 Å². The number of carboxylic acids is 1. The van der Waals surface area contributed by atoms with Gasteiger partial charge in [-0.1, -0.05) is 0 Å². The minimum absolute atomic E-state index is 0.222. The van der Waals surface area contributed by atoms with Crippen molar-refractivity contribution in [2.24, 2.45) is 5.92 Å². The fourth-order valence-corrected chi connectivity index (χ4v) is 2.34. The van der Waals surface area contributed by atoms with Crippen molar-refractivity contribution in [3.63, 3.8) is 0 Å². The maximum Gasteiger partial charge on any atom is 0.324 e. The molecule has 5 nitrogen and oxygen atoms in total. The van der Waals surface area contributed by atoms with E-state index < -0.39 is 11.9 Å². The van der Waals surface area contributed by atoms with Crippen molar-refractivity contribution in [1.29, 1.82) is 0 Å². The molecule has 0 bridgehead atoms. The van der Waals surface area contributed by atoms with Crippen LogP contribution in [0.2, 0.25) is 0 Å². The monoisotopic (exact) mass is 280 g/mol. The SMILES string of the molecule is CN(C(=O)N1CCC[C@H](C(=O)O)C1)c1ccc(F)cc1. The van der Waals surface area contributed by atoms with Crippen LogP contribution in [0.3, 0.4) is 0 Å². The summed E-state index contributed by atoms with van der Waals surface area (Å²) in [6.45, 7) is 0.772. The highest BCUT2D eigenvalue weighted by atomic mass is 19.1. The number of carbonyl (C=O) groups is 2. The van der Waals surface area contributed by atoms with E-state index in [1.165, 1.54) is 34.1 Å². The van der Waals surface area contributed by atoms with E-state index in [1.807, 2.05) is 0 Å². The molecule has 6 heteroatoms. The number of urea groups is 1. The van der Waals surface area contributed by atoms with Crippen LogP contribution in [0, 0.1) is 11.7 Å². The molecule has 0 aliphatic carbocycles. The first-order chi connectivity index (χ1) is 9.49. The highest BCUT2D eigenvalue weighted by Gasteiger charge is 2.29. The summed E-state index contributed by atoms with van der Waals surface area (Å²) in [7, 11) is 1.60. The fourth-order valence-electron chi connectivity index (χ4n) is 2.34. The molecule has 1 fully saturated rings. The Kier molecular flexibility index (Phi) is 4.22. The molecular weight excluding hydrogens is 263 g/mol.